The molecular weight excluding hydrogens is 437 g/mol. The molecule has 0 amide bonds. The lowest BCUT2D eigenvalue weighted by Crippen LogP contribution is -2.46. The maximum absolute atomic E-state index is 14.3. The Morgan fingerprint density at radius 2 is 1.91 bits per heavy atom. The second kappa shape index (κ2) is 12.7. The first-order valence-electron chi connectivity index (χ1n) is 11.6. The zero-order chi connectivity index (χ0) is 24.5. The van der Waals surface area contributed by atoms with E-state index >= 15 is 0 Å². The molecule has 3 rings (SSSR count). The molecule has 1 aliphatic rings. The van der Waals surface area contributed by atoms with Gasteiger partial charge in [-0.05, 0) is 68.5 Å². The smallest absolute Gasteiger partial charge is 0.185 e. The quantitative estimate of drug-likeness (QED) is 0.538. The summed E-state index contributed by atoms with van der Waals surface area (Å²) >= 11 is 0. The summed E-state index contributed by atoms with van der Waals surface area (Å²) in [7, 11) is 3.51. The molecular formula is C26H34FN3O4. The summed E-state index contributed by atoms with van der Waals surface area (Å²) in [4.78, 5) is 4.17. The molecule has 34 heavy (non-hydrogen) atoms. The van der Waals surface area contributed by atoms with E-state index in [-0.39, 0.29) is 12.3 Å². The summed E-state index contributed by atoms with van der Waals surface area (Å²) in [6.07, 6.45) is -0.653. The molecule has 7 nitrogen and oxygen atoms in total. The molecule has 0 saturated carbocycles. The van der Waals surface area contributed by atoms with Crippen molar-refractivity contribution >= 4 is 5.69 Å². The summed E-state index contributed by atoms with van der Waals surface area (Å²) in [5.74, 6) is 0.0331. The van der Waals surface area contributed by atoms with Crippen LogP contribution in [0, 0.1) is 23.1 Å². The zero-order valence-corrected chi connectivity index (χ0v) is 20.1. The first-order chi connectivity index (χ1) is 16.4. The molecule has 1 fully saturated rings. The van der Waals surface area contributed by atoms with Crippen LogP contribution in [0.5, 0.6) is 5.75 Å². The minimum atomic E-state index is -0.905. The second-order valence-electron chi connectivity index (χ2n) is 8.66. The number of nitrogens with zero attached hydrogens (tertiary/aromatic N) is 3. The van der Waals surface area contributed by atoms with Gasteiger partial charge in [0.05, 0.1) is 32.0 Å². The molecule has 1 aliphatic heterocycles. The summed E-state index contributed by atoms with van der Waals surface area (Å²) in [5.41, 5.74) is 2.06. The first-order valence-corrected chi connectivity index (χ1v) is 11.6. The van der Waals surface area contributed by atoms with Gasteiger partial charge in [-0.1, -0.05) is 13.0 Å². The van der Waals surface area contributed by atoms with Crippen LogP contribution in [-0.2, 0) is 16.0 Å². The Morgan fingerprint density at radius 1 is 1.21 bits per heavy atom. The lowest BCUT2D eigenvalue weighted by Gasteiger charge is -2.35. The van der Waals surface area contributed by atoms with Gasteiger partial charge in [-0.2, -0.15) is 5.26 Å². The van der Waals surface area contributed by atoms with Gasteiger partial charge in [-0.15, -0.1) is 0 Å². The Bertz CT molecular complexity index is 942. The summed E-state index contributed by atoms with van der Waals surface area (Å²) < 4.78 is 31.0. The van der Waals surface area contributed by atoms with E-state index in [0.29, 0.717) is 31.2 Å². The number of benzene rings is 2. The Morgan fingerprint density at radius 3 is 2.50 bits per heavy atom. The van der Waals surface area contributed by atoms with Gasteiger partial charge in [-0.3, -0.25) is 0 Å². The number of ether oxygens (including phenoxy) is 3. The molecule has 0 aliphatic carbocycles. The Kier molecular flexibility index (Phi) is 9.66. The SMILES string of the molecule is CCN(C)CCC1COC([C@@H](O)CN(Cc2ccc(OC)c(F)c2)c2ccc(C#N)cc2)OC1. The van der Waals surface area contributed by atoms with Crippen LogP contribution in [0.25, 0.3) is 0 Å². The van der Waals surface area contributed by atoms with E-state index in [9.17, 15) is 9.50 Å². The predicted octanol–water partition coefficient (Wildman–Crippen LogP) is 3.40. The van der Waals surface area contributed by atoms with Crippen molar-refractivity contribution in [3.8, 4) is 11.8 Å². The normalized spacial score (nSPS) is 19.0. The molecule has 1 saturated heterocycles. The van der Waals surface area contributed by atoms with Crippen LogP contribution in [0.4, 0.5) is 10.1 Å². The summed E-state index contributed by atoms with van der Waals surface area (Å²) in [6.45, 7) is 5.75. The highest BCUT2D eigenvalue weighted by molar-refractivity contribution is 5.50. The molecule has 1 N–H and O–H groups in total. The van der Waals surface area contributed by atoms with Gasteiger partial charge in [-0.25, -0.2) is 4.39 Å². The average Bonchev–Trinajstić information content (AvgIpc) is 2.87. The highest BCUT2D eigenvalue weighted by atomic mass is 19.1. The lowest BCUT2D eigenvalue weighted by molar-refractivity contribution is -0.238. The number of hydrogen-bond donors (Lipinski definition) is 1. The van der Waals surface area contributed by atoms with E-state index in [2.05, 4.69) is 24.9 Å². The molecule has 8 heteroatoms. The highest BCUT2D eigenvalue weighted by Gasteiger charge is 2.29. The van der Waals surface area contributed by atoms with Gasteiger partial charge in [0.25, 0.3) is 0 Å². The first kappa shape index (κ1) is 25.9. The van der Waals surface area contributed by atoms with Crippen LogP contribution in [0.3, 0.4) is 0 Å². The predicted molar refractivity (Wildman–Crippen MR) is 128 cm³/mol. The Labute approximate surface area is 201 Å². The third-order valence-corrected chi connectivity index (χ3v) is 6.12. The van der Waals surface area contributed by atoms with Crippen molar-refractivity contribution in [1.29, 1.82) is 5.26 Å². The molecule has 0 unspecified atom stereocenters. The van der Waals surface area contributed by atoms with Gasteiger partial charge < -0.3 is 29.1 Å². The van der Waals surface area contributed by atoms with E-state index in [1.807, 2.05) is 17.0 Å². The van der Waals surface area contributed by atoms with Crippen molar-refractivity contribution in [2.24, 2.45) is 5.92 Å². The van der Waals surface area contributed by atoms with Crippen LogP contribution < -0.4 is 9.64 Å². The van der Waals surface area contributed by atoms with Gasteiger partial charge in [0, 0.05) is 24.7 Å². The fourth-order valence-electron chi connectivity index (χ4n) is 3.86. The number of rotatable bonds is 11. The van der Waals surface area contributed by atoms with E-state index in [1.54, 1.807) is 24.3 Å². The van der Waals surface area contributed by atoms with Crippen LogP contribution >= 0.6 is 0 Å². The largest absolute Gasteiger partial charge is 0.494 e. The van der Waals surface area contributed by atoms with Crippen LogP contribution in [0.2, 0.25) is 0 Å². The molecule has 0 radical (unpaired) electrons. The third kappa shape index (κ3) is 7.15. The zero-order valence-electron chi connectivity index (χ0n) is 20.1. The molecule has 1 atom stereocenters. The highest BCUT2D eigenvalue weighted by Crippen LogP contribution is 2.24. The number of aliphatic hydroxyl groups is 1. The second-order valence-corrected chi connectivity index (χ2v) is 8.66. The van der Waals surface area contributed by atoms with E-state index in [4.69, 9.17) is 19.5 Å². The third-order valence-electron chi connectivity index (χ3n) is 6.12. The van der Waals surface area contributed by atoms with Crippen molar-refractivity contribution in [2.45, 2.75) is 32.3 Å². The Hall–Kier alpha value is -2.70. The molecule has 2 aromatic carbocycles. The molecule has 0 aromatic heterocycles. The maximum atomic E-state index is 14.3. The van der Waals surface area contributed by atoms with E-state index < -0.39 is 18.2 Å². The average molecular weight is 472 g/mol. The maximum Gasteiger partial charge on any atom is 0.185 e. The van der Waals surface area contributed by atoms with Crippen molar-refractivity contribution in [3.05, 3.63) is 59.4 Å². The van der Waals surface area contributed by atoms with Crippen molar-refractivity contribution < 1.29 is 23.7 Å². The number of anilines is 1. The van der Waals surface area contributed by atoms with Crippen molar-refractivity contribution in [2.75, 3.05) is 51.9 Å². The monoisotopic (exact) mass is 471 g/mol. The molecule has 184 valence electrons. The fraction of sp³-hybridized carbons (Fsp3) is 0.500. The van der Waals surface area contributed by atoms with E-state index in [1.165, 1.54) is 13.2 Å². The van der Waals surface area contributed by atoms with Crippen LogP contribution in [0.1, 0.15) is 24.5 Å². The number of halogens is 1. The van der Waals surface area contributed by atoms with Crippen molar-refractivity contribution in [3.63, 3.8) is 0 Å². The standard InChI is InChI=1S/C26H34FN3O4/c1-4-29(2)12-11-21-17-33-26(34-18-21)24(31)16-30(22-8-5-19(14-28)6-9-22)15-20-7-10-25(32-3)23(27)13-20/h5-10,13,21,24,26,31H,4,11-12,15-18H2,1-3H3/t21?,24-,26?/m0/s1. The summed E-state index contributed by atoms with van der Waals surface area (Å²) in [6, 6.07) is 14.0. The minimum Gasteiger partial charge on any atom is -0.494 e. The van der Waals surface area contributed by atoms with Gasteiger partial charge in [0.2, 0.25) is 0 Å². The van der Waals surface area contributed by atoms with Gasteiger partial charge >= 0.3 is 0 Å². The Balaban J connectivity index is 1.66. The van der Waals surface area contributed by atoms with Crippen LogP contribution in [0.15, 0.2) is 42.5 Å². The lowest BCUT2D eigenvalue weighted by atomic mass is 10.1. The van der Waals surface area contributed by atoms with Crippen molar-refractivity contribution in [1.82, 2.24) is 4.90 Å². The molecule has 2 aromatic rings. The fourth-order valence-corrected chi connectivity index (χ4v) is 3.86. The molecule has 0 spiro atoms. The van der Waals surface area contributed by atoms with Gasteiger partial charge in [0.1, 0.15) is 6.10 Å². The molecule has 0 bridgehead atoms. The van der Waals surface area contributed by atoms with E-state index in [0.717, 1.165) is 30.8 Å². The summed E-state index contributed by atoms with van der Waals surface area (Å²) in [5, 5.41) is 20.0. The minimum absolute atomic E-state index is 0.178. The van der Waals surface area contributed by atoms with Crippen LogP contribution in [-0.4, -0.2) is 69.4 Å². The number of methoxy groups -OCH3 is 1. The topological polar surface area (TPSA) is 78.2 Å². The number of hydrogen-bond acceptors (Lipinski definition) is 7. The number of nitriles is 1. The number of aliphatic hydroxyl groups excluding tert-OH is 1. The van der Waals surface area contributed by atoms with Gasteiger partial charge in [0.15, 0.2) is 17.9 Å². The molecule has 1 heterocycles.